The molecule has 164 valence electrons. The van der Waals surface area contributed by atoms with Crippen molar-refractivity contribution < 1.29 is 18.0 Å². The number of benzene rings is 2. The third-order valence-electron chi connectivity index (χ3n) is 5.07. The Kier molecular flexibility index (Phi) is 5.20. The van der Waals surface area contributed by atoms with Crippen LogP contribution < -0.4 is 5.32 Å². The van der Waals surface area contributed by atoms with Crippen LogP contribution in [0.1, 0.15) is 38.6 Å². The molecule has 0 aliphatic rings. The lowest BCUT2D eigenvalue weighted by molar-refractivity contribution is -0.142. The molecule has 0 saturated carbocycles. The van der Waals surface area contributed by atoms with Gasteiger partial charge >= 0.3 is 6.18 Å². The van der Waals surface area contributed by atoms with E-state index in [-0.39, 0.29) is 11.5 Å². The Bertz CT molecular complexity index is 1320. The predicted molar refractivity (Wildman–Crippen MR) is 115 cm³/mol. The molecular weight excluding hydrogens is 419 g/mol. The van der Waals surface area contributed by atoms with E-state index in [2.05, 4.69) is 20.4 Å². The average molecular weight is 439 g/mol. The zero-order chi connectivity index (χ0) is 23.2. The van der Waals surface area contributed by atoms with Gasteiger partial charge in [0, 0.05) is 11.3 Å². The van der Waals surface area contributed by atoms with Gasteiger partial charge in [-0.1, -0.05) is 47.5 Å². The van der Waals surface area contributed by atoms with E-state index in [4.69, 9.17) is 0 Å². The fourth-order valence-corrected chi connectivity index (χ4v) is 3.59. The molecule has 4 aromatic rings. The molecule has 2 aromatic heterocycles. The first-order chi connectivity index (χ1) is 15.0. The number of hydrogen-bond acceptors (Lipinski definition) is 4. The van der Waals surface area contributed by atoms with E-state index in [1.54, 1.807) is 24.3 Å². The molecule has 0 atom stereocenters. The van der Waals surface area contributed by atoms with E-state index in [0.29, 0.717) is 15.8 Å². The Morgan fingerprint density at radius 1 is 0.906 bits per heavy atom. The molecule has 0 radical (unpaired) electrons. The first kappa shape index (κ1) is 21.5. The summed E-state index contributed by atoms with van der Waals surface area (Å²) >= 11 is 0. The van der Waals surface area contributed by atoms with Crippen LogP contribution in [0, 0.1) is 27.7 Å². The van der Waals surface area contributed by atoms with Crippen molar-refractivity contribution in [3.63, 3.8) is 0 Å². The van der Waals surface area contributed by atoms with Crippen molar-refractivity contribution in [1.29, 1.82) is 0 Å². The zero-order valence-corrected chi connectivity index (χ0v) is 17.9. The summed E-state index contributed by atoms with van der Waals surface area (Å²) in [5, 5.41) is 6.52. The zero-order valence-electron chi connectivity index (χ0n) is 17.9. The largest absolute Gasteiger partial charge is 0.433 e. The van der Waals surface area contributed by atoms with Crippen LogP contribution in [0.15, 0.2) is 42.5 Å². The molecule has 1 amide bonds. The normalized spacial score (nSPS) is 11.7. The van der Waals surface area contributed by atoms with Gasteiger partial charge in [0.2, 0.25) is 5.82 Å². The smallest absolute Gasteiger partial charge is 0.319 e. The van der Waals surface area contributed by atoms with Gasteiger partial charge in [-0.05, 0) is 44.9 Å². The summed E-state index contributed by atoms with van der Waals surface area (Å²) in [6.45, 7) is 7.49. The van der Waals surface area contributed by atoms with Gasteiger partial charge in [0.25, 0.3) is 11.7 Å². The third-order valence-corrected chi connectivity index (χ3v) is 5.07. The van der Waals surface area contributed by atoms with Crippen molar-refractivity contribution in [3.05, 3.63) is 76.2 Å². The molecule has 0 bridgehead atoms. The molecule has 4 rings (SSSR count). The molecule has 2 heterocycles. The molecule has 0 aliphatic heterocycles. The first-order valence-electron chi connectivity index (χ1n) is 9.84. The van der Waals surface area contributed by atoms with E-state index in [0.717, 1.165) is 28.3 Å². The maximum absolute atomic E-state index is 13.8. The lowest BCUT2D eigenvalue weighted by Gasteiger charge is -2.11. The van der Waals surface area contributed by atoms with Gasteiger partial charge in [-0.2, -0.15) is 22.7 Å². The molecule has 0 saturated heterocycles. The quantitative estimate of drug-likeness (QED) is 0.470. The summed E-state index contributed by atoms with van der Waals surface area (Å²) in [5.74, 6) is -1.42. The van der Waals surface area contributed by atoms with Gasteiger partial charge in [0.05, 0.1) is 5.69 Å². The predicted octanol–water partition coefficient (Wildman–Crippen LogP) is 5.30. The van der Waals surface area contributed by atoms with Crippen LogP contribution in [0.5, 0.6) is 0 Å². The number of aryl methyl sites for hydroxylation is 4. The number of nitrogens with one attached hydrogen (secondary N) is 1. The highest BCUT2D eigenvalue weighted by Crippen LogP contribution is 2.32. The number of anilines is 1. The Morgan fingerprint density at radius 3 is 2.12 bits per heavy atom. The standard InChI is InChI=1S/C23H20F3N5O/c1-12-5-7-16(8-6-12)17-11-18(23(24,25)26)31-22(27-17)29-20(30-31)21(32)28-19-14(3)9-13(2)10-15(19)4/h5-11H,1-4H3,(H,28,32). The second-order valence-corrected chi connectivity index (χ2v) is 7.77. The topological polar surface area (TPSA) is 72.2 Å². The summed E-state index contributed by atoms with van der Waals surface area (Å²) in [5.41, 5.74) is 3.76. The number of rotatable bonds is 3. The maximum Gasteiger partial charge on any atom is 0.433 e. The Balaban J connectivity index is 1.79. The average Bonchev–Trinajstić information content (AvgIpc) is 3.13. The van der Waals surface area contributed by atoms with Crippen LogP contribution in [-0.4, -0.2) is 25.5 Å². The number of carbonyl (C=O) groups is 1. The number of carbonyl (C=O) groups excluding carboxylic acids is 1. The molecule has 0 spiro atoms. The van der Waals surface area contributed by atoms with Gasteiger partial charge in [-0.25, -0.2) is 4.98 Å². The summed E-state index contributed by atoms with van der Waals surface area (Å²) in [6, 6.07) is 11.6. The van der Waals surface area contributed by atoms with Crippen LogP contribution in [0.2, 0.25) is 0 Å². The number of amides is 1. The monoisotopic (exact) mass is 439 g/mol. The molecule has 0 aliphatic carbocycles. The number of nitrogens with zero attached hydrogens (tertiary/aromatic N) is 4. The summed E-state index contributed by atoms with van der Waals surface area (Å²) in [7, 11) is 0. The fraction of sp³-hybridized carbons (Fsp3) is 0.217. The van der Waals surface area contributed by atoms with Gasteiger partial charge in [0.15, 0.2) is 5.69 Å². The first-order valence-corrected chi connectivity index (χ1v) is 9.84. The van der Waals surface area contributed by atoms with Crippen molar-refractivity contribution in [3.8, 4) is 11.3 Å². The summed E-state index contributed by atoms with van der Waals surface area (Å²) in [4.78, 5) is 21.0. The molecule has 32 heavy (non-hydrogen) atoms. The Morgan fingerprint density at radius 2 is 1.53 bits per heavy atom. The van der Waals surface area contributed by atoms with E-state index >= 15 is 0 Å². The highest BCUT2D eigenvalue weighted by atomic mass is 19.4. The summed E-state index contributed by atoms with van der Waals surface area (Å²) < 4.78 is 41.8. The molecule has 9 heteroatoms. The minimum Gasteiger partial charge on any atom is -0.319 e. The number of halogens is 3. The second kappa shape index (κ2) is 7.74. The highest BCUT2D eigenvalue weighted by Gasteiger charge is 2.36. The van der Waals surface area contributed by atoms with Gasteiger partial charge in [-0.15, -0.1) is 5.10 Å². The molecule has 0 unspecified atom stereocenters. The molecule has 2 aromatic carbocycles. The van der Waals surface area contributed by atoms with Crippen molar-refractivity contribution >= 4 is 17.4 Å². The fourth-order valence-electron chi connectivity index (χ4n) is 3.59. The van der Waals surface area contributed by atoms with Gasteiger partial charge in [-0.3, -0.25) is 4.79 Å². The number of fused-ring (bicyclic) bond motifs is 1. The highest BCUT2D eigenvalue weighted by molar-refractivity contribution is 6.02. The van der Waals surface area contributed by atoms with Crippen molar-refractivity contribution in [2.24, 2.45) is 0 Å². The maximum atomic E-state index is 13.8. The second-order valence-electron chi connectivity index (χ2n) is 7.77. The lowest BCUT2D eigenvalue weighted by Crippen LogP contribution is -2.17. The van der Waals surface area contributed by atoms with Gasteiger partial charge < -0.3 is 5.32 Å². The van der Waals surface area contributed by atoms with Crippen molar-refractivity contribution in [1.82, 2.24) is 19.6 Å². The molecule has 1 N–H and O–H groups in total. The van der Waals surface area contributed by atoms with Crippen LogP contribution in [-0.2, 0) is 6.18 Å². The van der Waals surface area contributed by atoms with E-state index in [9.17, 15) is 18.0 Å². The minimum absolute atomic E-state index is 0.0920. The van der Waals surface area contributed by atoms with Crippen molar-refractivity contribution in [2.75, 3.05) is 5.32 Å². The third kappa shape index (κ3) is 4.05. The minimum atomic E-state index is -4.72. The molecule has 6 nitrogen and oxygen atoms in total. The number of alkyl halides is 3. The number of hydrogen-bond donors (Lipinski definition) is 1. The van der Waals surface area contributed by atoms with E-state index in [1.807, 2.05) is 39.8 Å². The van der Waals surface area contributed by atoms with E-state index < -0.39 is 23.6 Å². The van der Waals surface area contributed by atoms with E-state index in [1.165, 1.54) is 0 Å². The van der Waals surface area contributed by atoms with Gasteiger partial charge in [0.1, 0.15) is 0 Å². The molecule has 0 fully saturated rings. The van der Waals surface area contributed by atoms with Crippen molar-refractivity contribution in [2.45, 2.75) is 33.9 Å². The molecular formula is C23H20F3N5O. The SMILES string of the molecule is Cc1ccc(-c2cc(C(F)(F)F)n3nc(C(=O)Nc4c(C)cc(C)cc4C)nc3n2)cc1. The van der Waals surface area contributed by atoms with Crippen LogP contribution in [0.25, 0.3) is 17.0 Å². The summed E-state index contributed by atoms with van der Waals surface area (Å²) in [6.07, 6.45) is -4.72. The van der Waals surface area contributed by atoms with Crippen LogP contribution >= 0.6 is 0 Å². The van der Waals surface area contributed by atoms with Crippen LogP contribution in [0.3, 0.4) is 0 Å². The lowest BCUT2D eigenvalue weighted by atomic mass is 10.1. The Hall–Kier alpha value is -3.75. The van der Waals surface area contributed by atoms with Crippen LogP contribution in [0.4, 0.5) is 18.9 Å². The number of aromatic nitrogens is 4. The Labute approximate surface area is 182 Å².